The van der Waals surface area contributed by atoms with Gasteiger partial charge < -0.3 is 9.47 Å². The Balaban J connectivity index is 1.64. The molecule has 0 aromatic heterocycles. The minimum atomic E-state index is -0.271. The molecular formula is C21H26O3. The average Bonchev–Trinajstić information content (AvgIpc) is 3.24. The summed E-state index contributed by atoms with van der Waals surface area (Å²) >= 11 is 0. The number of benzene rings is 1. The SMILES string of the molecule is CCOC(=O)/C=C(C)/C=C/[C@@H]1C[C@@H]1c1ccc2c(c1)C(C)(C)CO2. The first kappa shape index (κ1) is 16.8. The number of hydrogen-bond acceptors (Lipinski definition) is 3. The van der Waals surface area contributed by atoms with Gasteiger partial charge >= 0.3 is 5.97 Å². The molecule has 1 aromatic carbocycles. The zero-order chi connectivity index (χ0) is 17.3. The quantitative estimate of drug-likeness (QED) is 0.453. The number of fused-ring (bicyclic) bond motifs is 1. The zero-order valence-corrected chi connectivity index (χ0v) is 15.0. The Kier molecular flexibility index (Phi) is 4.53. The lowest BCUT2D eigenvalue weighted by atomic mass is 9.85. The van der Waals surface area contributed by atoms with E-state index < -0.39 is 0 Å². The number of rotatable bonds is 5. The molecule has 1 saturated carbocycles. The standard InChI is InChI=1S/C21H26O3/c1-5-23-20(22)10-14(2)6-7-15-11-17(15)16-8-9-19-18(12-16)21(3,4)13-24-19/h6-10,12,15,17H,5,11,13H2,1-4H3/b7-6+,14-10+/t15-,17+/m1/s1. The minimum absolute atomic E-state index is 0.102. The molecule has 0 amide bonds. The van der Waals surface area contributed by atoms with Crippen molar-refractivity contribution in [2.24, 2.45) is 5.92 Å². The van der Waals surface area contributed by atoms with Gasteiger partial charge in [-0.3, -0.25) is 0 Å². The van der Waals surface area contributed by atoms with Gasteiger partial charge in [-0.05, 0) is 49.3 Å². The van der Waals surface area contributed by atoms with Crippen LogP contribution >= 0.6 is 0 Å². The first-order valence-electron chi connectivity index (χ1n) is 8.71. The predicted molar refractivity (Wildman–Crippen MR) is 95.3 cm³/mol. The summed E-state index contributed by atoms with van der Waals surface area (Å²) in [5.74, 6) is 1.90. The van der Waals surface area contributed by atoms with Crippen molar-refractivity contribution in [2.75, 3.05) is 13.2 Å². The van der Waals surface area contributed by atoms with E-state index in [2.05, 4.69) is 38.1 Å². The first-order valence-corrected chi connectivity index (χ1v) is 8.71. The number of esters is 1. The maximum absolute atomic E-state index is 11.4. The Morgan fingerprint density at radius 1 is 1.42 bits per heavy atom. The Labute approximate surface area is 144 Å². The van der Waals surface area contributed by atoms with E-state index in [4.69, 9.17) is 9.47 Å². The van der Waals surface area contributed by atoms with Gasteiger partial charge in [0.05, 0.1) is 13.2 Å². The van der Waals surface area contributed by atoms with Crippen LogP contribution in [0.4, 0.5) is 0 Å². The molecular weight excluding hydrogens is 300 g/mol. The molecule has 2 aliphatic rings. The van der Waals surface area contributed by atoms with Gasteiger partial charge in [0, 0.05) is 17.1 Å². The lowest BCUT2D eigenvalue weighted by Gasteiger charge is -2.15. The Morgan fingerprint density at radius 3 is 2.96 bits per heavy atom. The minimum Gasteiger partial charge on any atom is -0.492 e. The highest BCUT2D eigenvalue weighted by molar-refractivity contribution is 5.83. The van der Waals surface area contributed by atoms with Crippen molar-refractivity contribution in [2.45, 2.75) is 45.4 Å². The highest BCUT2D eigenvalue weighted by Gasteiger charge is 2.38. The van der Waals surface area contributed by atoms with E-state index in [1.165, 1.54) is 17.5 Å². The predicted octanol–water partition coefficient (Wildman–Crippen LogP) is 4.53. The molecule has 1 aliphatic heterocycles. The van der Waals surface area contributed by atoms with Crippen LogP contribution in [0.15, 0.2) is 42.0 Å². The third kappa shape index (κ3) is 3.55. The number of carbonyl (C=O) groups excluding carboxylic acids is 1. The molecule has 0 N–H and O–H groups in total. The molecule has 2 atom stereocenters. The van der Waals surface area contributed by atoms with Gasteiger partial charge in [-0.1, -0.05) is 38.1 Å². The largest absolute Gasteiger partial charge is 0.492 e. The van der Waals surface area contributed by atoms with E-state index in [0.29, 0.717) is 18.4 Å². The molecule has 0 unspecified atom stereocenters. The molecule has 128 valence electrons. The second-order valence-electron chi connectivity index (χ2n) is 7.43. The van der Waals surface area contributed by atoms with Crippen molar-refractivity contribution in [1.82, 2.24) is 0 Å². The van der Waals surface area contributed by atoms with Crippen LogP contribution in [-0.4, -0.2) is 19.2 Å². The van der Waals surface area contributed by atoms with Crippen LogP contribution in [0.2, 0.25) is 0 Å². The highest BCUT2D eigenvalue weighted by Crippen LogP contribution is 2.50. The summed E-state index contributed by atoms with van der Waals surface area (Å²) in [6, 6.07) is 6.63. The van der Waals surface area contributed by atoms with Crippen molar-refractivity contribution in [3.8, 4) is 5.75 Å². The van der Waals surface area contributed by atoms with Gasteiger partial charge in [0.2, 0.25) is 0 Å². The van der Waals surface area contributed by atoms with E-state index in [-0.39, 0.29) is 11.4 Å². The molecule has 0 spiro atoms. The fourth-order valence-electron chi connectivity index (χ4n) is 3.27. The van der Waals surface area contributed by atoms with Gasteiger partial charge in [0.25, 0.3) is 0 Å². The fourth-order valence-corrected chi connectivity index (χ4v) is 3.27. The molecule has 1 heterocycles. The third-order valence-electron chi connectivity index (χ3n) is 4.83. The van der Waals surface area contributed by atoms with Gasteiger partial charge in [-0.15, -0.1) is 0 Å². The summed E-state index contributed by atoms with van der Waals surface area (Å²) in [7, 11) is 0. The summed E-state index contributed by atoms with van der Waals surface area (Å²) in [5, 5.41) is 0. The monoisotopic (exact) mass is 326 g/mol. The maximum Gasteiger partial charge on any atom is 0.330 e. The third-order valence-corrected chi connectivity index (χ3v) is 4.83. The van der Waals surface area contributed by atoms with Crippen molar-refractivity contribution in [3.05, 3.63) is 53.1 Å². The van der Waals surface area contributed by atoms with Crippen LogP contribution in [0.3, 0.4) is 0 Å². The summed E-state index contributed by atoms with van der Waals surface area (Å²) < 4.78 is 10.7. The number of ether oxygens (including phenoxy) is 2. The topological polar surface area (TPSA) is 35.5 Å². The molecule has 24 heavy (non-hydrogen) atoms. The van der Waals surface area contributed by atoms with Crippen molar-refractivity contribution < 1.29 is 14.3 Å². The molecule has 3 heteroatoms. The van der Waals surface area contributed by atoms with Gasteiger partial charge in [0.1, 0.15) is 5.75 Å². The van der Waals surface area contributed by atoms with Crippen molar-refractivity contribution >= 4 is 5.97 Å². The molecule has 3 nitrogen and oxygen atoms in total. The lowest BCUT2D eigenvalue weighted by Crippen LogP contribution is -2.18. The molecule has 0 saturated heterocycles. The van der Waals surface area contributed by atoms with E-state index in [1.807, 2.05) is 19.9 Å². The summed E-state index contributed by atoms with van der Waals surface area (Å²) in [4.78, 5) is 11.4. The van der Waals surface area contributed by atoms with E-state index in [1.54, 1.807) is 6.08 Å². The Hall–Kier alpha value is -2.03. The second kappa shape index (κ2) is 6.46. The van der Waals surface area contributed by atoms with Crippen LogP contribution in [0.1, 0.15) is 51.2 Å². The zero-order valence-electron chi connectivity index (χ0n) is 15.0. The summed E-state index contributed by atoms with van der Waals surface area (Å²) in [5.41, 5.74) is 3.76. The Bertz CT molecular complexity index is 697. The molecule has 1 fully saturated rings. The fraction of sp³-hybridized carbons (Fsp3) is 0.476. The van der Waals surface area contributed by atoms with Gasteiger partial charge in [-0.25, -0.2) is 4.79 Å². The normalized spacial score (nSPS) is 24.6. The summed E-state index contributed by atoms with van der Waals surface area (Å²) in [6.07, 6.45) is 6.96. The molecule has 1 aliphatic carbocycles. The smallest absolute Gasteiger partial charge is 0.330 e. The van der Waals surface area contributed by atoms with E-state index in [0.717, 1.165) is 17.9 Å². The molecule has 1 aromatic rings. The Morgan fingerprint density at radius 2 is 2.21 bits per heavy atom. The summed E-state index contributed by atoms with van der Waals surface area (Å²) in [6.45, 7) is 9.38. The average molecular weight is 326 g/mol. The van der Waals surface area contributed by atoms with Crippen molar-refractivity contribution in [3.63, 3.8) is 0 Å². The first-order chi connectivity index (χ1) is 11.4. The van der Waals surface area contributed by atoms with Gasteiger partial charge in [0.15, 0.2) is 0 Å². The molecule has 3 rings (SSSR count). The van der Waals surface area contributed by atoms with Gasteiger partial charge in [-0.2, -0.15) is 0 Å². The maximum atomic E-state index is 11.4. The van der Waals surface area contributed by atoms with Crippen LogP contribution in [0.25, 0.3) is 0 Å². The van der Waals surface area contributed by atoms with Crippen molar-refractivity contribution in [1.29, 1.82) is 0 Å². The molecule has 0 radical (unpaired) electrons. The van der Waals surface area contributed by atoms with E-state index in [9.17, 15) is 4.79 Å². The highest BCUT2D eigenvalue weighted by atomic mass is 16.5. The second-order valence-corrected chi connectivity index (χ2v) is 7.43. The van der Waals surface area contributed by atoms with E-state index >= 15 is 0 Å². The number of allylic oxidation sites excluding steroid dienone is 3. The van der Waals surface area contributed by atoms with Crippen LogP contribution in [0, 0.1) is 5.92 Å². The van der Waals surface area contributed by atoms with Crippen LogP contribution in [0.5, 0.6) is 5.75 Å². The number of hydrogen-bond donors (Lipinski definition) is 0. The lowest BCUT2D eigenvalue weighted by molar-refractivity contribution is -0.137. The molecule has 0 bridgehead atoms. The number of carbonyl (C=O) groups is 1. The van der Waals surface area contributed by atoms with Crippen LogP contribution in [-0.2, 0) is 14.9 Å². The van der Waals surface area contributed by atoms with Crippen LogP contribution < -0.4 is 4.74 Å².